The van der Waals surface area contributed by atoms with Crippen LogP contribution in [0.4, 0.5) is 0 Å². The van der Waals surface area contributed by atoms with E-state index in [4.69, 9.17) is 0 Å². The summed E-state index contributed by atoms with van der Waals surface area (Å²) in [6.45, 7) is 0. The van der Waals surface area contributed by atoms with E-state index in [1.165, 1.54) is 14.3 Å². The van der Waals surface area contributed by atoms with Gasteiger partial charge in [0, 0.05) is 22.0 Å². The maximum absolute atomic E-state index is 10.5. The fourth-order valence-corrected chi connectivity index (χ4v) is 3.63. The van der Waals surface area contributed by atoms with Gasteiger partial charge < -0.3 is 4.98 Å². The molecular formula is C11H7NOS2. The van der Waals surface area contributed by atoms with Gasteiger partial charge in [-0.1, -0.05) is 0 Å². The van der Waals surface area contributed by atoms with Crippen molar-refractivity contribution in [1.82, 2.24) is 4.98 Å². The number of hydrogen-bond acceptors (Lipinski definition) is 3. The van der Waals surface area contributed by atoms with Crippen molar-refractivity contribution in [1.29, 1.82) is 0 Å². The Bertz CT molecular complexity index is 589. The van der Waals surface area contributed by atoms with E-state index in [9.17, 15) is 4.79 Å². The Morgan fingerprint density at radius 2 is 2.27 bits per heavy atom. The molecule has 4 heteroatoms. The second-order valence-electron chi connectivity index (χ2n) is 3.24. The lowest BCUT2D eigenvalue weighted by Crippen LogP contribution is -1.72. The quantitative estimate of drug-likeness (QED) is 0.671. The number of fused-ring (bicyclic) bond motifs is 1. The lowest BCUT2D eigenvalue weighted by molar-refractivity contribution is 0.111. The number of carbonyl (C=O) groups excluding carboxylic acids is 1. The van der Waals surface area contributed by atoms with Crippen LogP contribution in [0.5, 0.6) is 0 Å². The van der Waals surface area contributed by atoms with Crippen molar-refractivity contribution >= 4 is 38.4 Å². The third-order valence-electron chi connectivity index (χ3n) is 2.26. The van der Waals surface area contributed by atoms with Crippen LogP contribution in [0.2, 0.25) is 0 Å². The van der Waals surface area contributed by atoms with Crippen LogP contribution in [0.3, 0.4) is 0 Å². The SMILES string of the molecule is O=Cc1cc(-c2cc3ccsc3s2)c[nH]1. The smallest absolute Gasteiger partial charge is 0.166 e. The molecule has 3 aromatic rings. The Morgan fingerprint density at radius 3 is 3.00 bits per heavy atom. The first-order valence-electron chi connectivity index (χ1n) is 4.48. The molecule has 3 rings (SSSR count). The number of aldehydes is 1. The number of aromatic nitrogens is 1. The molecule has 0 aromatic carbocycles. The molecule has 0 fully saturated rings. The summed E-state index contributed by atoms with van der Waals surface area (Å²) in [6, 6.07) is 6.16. The lowest BCUT2D eigenvalue weighted by Gasteiger charge is -1.86. The second-order valence-corrected chi connectivity index (χ2v) is 5.46. The van der Waals surface area contributed by atoms with Gasteiger partial charge in [-0.05, 0) is 23.6 Å². The lowest BCUT2D eigenvalue weighted by atomic mass is 10.2. The Hall–Kier alpha value is -1.39. The first-order valence-corrected chi connectivity index (χ1v) is 6.17. The molecule has 0 atom stereocenters. The molecule has 0 amide bonds. The van der Waals surface area contributed by atoms with Gasteiger partial charge in [0.05, 0.1) is 9.71 Å². The minimum Gasteiger partial charge on any atom is -0.358 e. The van der Waals surface area contributed by atoms with Gasteiger partial charge in [-0.2, -0.15) is 0 Å². The summed E-state index contributed by atoms with van der Waals surface area (Å²) in [5.41, 5.74) is 1.72. The molecule has 15 heavy (non-hydrogen) atoms. The van der Waals surface area contributed by atoms with Gasteiger partial charge in [0.2, 0.25) is 0 Å². The van der Waals surface area contributed by atoms with Gasteiger partial charge in [-0.3, -0.25) is 4.79 Å². The van der Waals surface area contributed by atoms with Crippen LogP contribution < -0.4 is 0 Å². The number of rotatable bonds is 2. The highest BCUT2D eigenvalue weighted by Gasteiger charge is 2.06. The maximum atomic E-state index is 10.5. The van der Waals surface area contributed by atoms with Gasteiger partial charge in [-0.25, -0.2) is 0 Å². The van der Waals surface area contributed by atoms with Crippen LogP contribution in [0, 0.1) is 0 Å². The Morgan fingerprint density at radius 1 is 1.33 bits per heavy atom. The Balaban J connectivity index is 2.13. The van der Waals surface area contributed by atoms with Crippen LogP contribution in [0.15, 0.2) is 29.8 Å². The van der Waals surface area contributed by atoms with Gasteiger partial charge >= 0.3 is 0 Å². The summed E-state index contributed by atoms with van der Waals surface area (Å²) < 4.78 is 1.33. The molecule has 0 saturated carbocycles. The zero-order chi connectivity index (χ0) is 10.3. The molecule has 2 nitrogen and oxygen atoms in total. The van der Waals surface area contributed by atoms with Crippen LogP contribution in [0.1, 0.15) is 10.5 Å². The van der Waals surface area contributed by atoms with Crippen molar-refractivity contribution in [3.63, 3.8) is 0 Å². The van der Waals surface area contributed by atoms with Crippen LogP contribution >= 0.6 is 22.7 Å². The van der Waals surface area contributed by atoms with Gasteiger partial charge in [0.25, 0.3) is 0 Å². The largest absolute Gasteiger partial charge is 0.358 e. The van der Waals surface area contributed by atoms with E-state index in [-0.39, 0.29) is 0 Å². The number of carbonyl (C=O) groups is 1. The molecule has 3 aromatic heterocycles. The van der Waals surface area contributed by atoms with Crippen molar-refractivity contribution in [3.05, 3.63) is 35.5 Å². The highest BCUT2D eigenvalue weighted by atomic mass is 32.2. The summed E-state index contributed by atoms with van der Waals surface area (Å²) in [4.78, 5) is 14.7. The first kappa shape index (κ1) is 8.88. The molecule has 3 heterocycles. The van der Waals surface area contributed by atoms with Crippen molar-refractivity contribution in [3.8, 4) is 10.4 Å². The normalized spacial score (nSPS) is 10.9. The van der Waals surface area contributed by atoms with E-state index in [0.29, 0.717) is 5.69 Å². The molecule has 0 bridgehead atoms. The van der Waals surface area contributed by atoms with E-state index in [0.717, 1.165) is 11.8 Å². The monoisotopic (exact) mass is 233 g/mol. The van der Waals surface area contributed by atoms with E-state index in [1.54, 1.807) is 22.7 Å². The number of hydrogen-bond donors (Lipinski definition) is 1. The highest BCUT2D eigenvalue weighted by Crippen LogP contribution is 2.36. The summed E-state index contributed by atoms with van der Waals surface area (Å²) in [5, 5.41) is 3.38. The zero-order valence-electron chi connectivity index (χ0n) is 7.69. The topological polar surface area (TPSA) is 32.9 Å². The molecule has 0 aliphatic heterocycles. The average molecular weight is 233 g/mol. The summed E-state index contributed by atoms with van der Waals surface area (Å²) in [7, 11) is 0. The minimum atomic E-state index is 0.627. The molecule has 0 spiro atoms. The van der Waals surface area contributed by atoms with Crippen LogP contribution in [0.25, 0.3) is 19.8 Å². The van der Waals surface area contributed by atoms with Crippen LogP contribution in [-0.2, 0) is 0 Å². The molecule has 0 aliphatic carbocycles. The molecule has 0 saturated heterocycles. The van der Waals surface area contributed by atoms with E-state index in [2.05, 4.69) is 22.5 Å². The fraction of sp³-hybridized carbons (Fsp3) is 0. The summed E-state index contributed by atoms with van der Waals surface area (Å²) >= 11 is 3.52. The molecule has 0 unspecified atom stereocenters. The standard InChI is InChI=1S/C11H7NOS2/c13-6-9-3-8(5-12-9)10-4-7-1-2-14-11(7)15-10/h1-6,12H. The molecule has 1 N–H and O–H groups in total. The molecule has 0 aliphatic rings. The number of aromatic amines is 1. The van der Waals surface area contributed by atoms with Gasteiger partial charge in [0.15, 0.2) is 6.29 Å². The van der Waals surface area contributed by atoms with Crippen molar-refractivity contribution in [2.45, 2.75) is 0 Å². The average Bonchev–Trinajstić information content (AvgIpc) is 2.91. The molecule has 0 radical (unpaired) electrons. The van der Waals surface area contributed by atoms with Crippen molar-refractivity contribution in [2.75, 3.05) is 0 Å². The Kier molecular flexibility index (Phi) is 1.97. The summed E-state index contributed by atoms with van der Waals surface area (Å²) in [6.07, 6.45) is 2.71. The first-order chi connectivity index (χ1) is 7.36. The molecular weight excluding hydrogens is 226 g/mol. The highest BCUT2D eigenvalue weighted by molar-refractivity contribution is 7.39. The van der Waals surface area contributed by atoms with Gasteiger partial charge in [0.1, 0.15) is 0 Å². The number of H-pyrrole nitrogens is 1. The van der Waals surface area contributed by atoms with Crippen molar-refractivity contribution in [2.24, 2.45) is 0 Å². The third-order valence-corrected chi connectivity index (χ3v) is 4.52. The van der Waals surface area contributed by atoms with E-state index >= 15 is 0 Å². The van der Waals surface area contributed by atoms with E-state index < -0.39 is 0 Å². The maximum Gasteiger partial charge on any atom is 0.166 e. The Labute approximate surface area is 94.2 Å². The minimum absolute atomic E-state index is 0.627. The fourth-order valence-electron chi connectivity index (χ4n) is 1.53. The predicted octanol–water partition coefficient (Wildman–Crippen LogP) is 3.77. The van der Waals surface area contributed by atoms with E-state index in [1.807, 2.05) is 12.3 Å². The number of nitrogens with one attached hydrogen (secondary N) is 1. The third kappa shape index (κ3) is 1.42. The van der Waals surface area contributed by atoms with Crippen LogP contribution in [-0.4, -0.2) is 11.3 Å². The predicted molar refractivity (Wildman–Crippen MR) is 64.9 cm³/mol. The zero-order valence-corrected chi connectivity index (χ0v) is 9.32. The van der Waals surface area contributed by atoms with Crippen molar-refractivity contribution < 1.29 is 4.79 Å². The summed E-state index contributed by atoms with van der Waals surface area (Å²) in [5.74, 6) is 0. The second kappa shape index (κ2) is 3.32. The molecule has 74 valence electrons. The number of thiophene rings is 2. The van der Waals surface area contributed by atoms with Gasteiger partial charge in [-0.15, -0.1) is 22.7 Å².